The summed E-state index contributed by atoms with van der Waals surface area (Å²) in [6.45, 7) is 0.631. The van der Waals surface area contributed by atoms with Crippen LogP contribution in [0.2, 0.25) is 0 Å². The van der Waals surface area contributed by atoms with Gasteiger partial charge in [-0.1, -0.05) is 30.3 Å². The molecule has 2 aromatic carbocycles. The molecule has 0 saturated heterocycles. The van der Waals surface area contributed by atoms with Crippen molar-refractivity contribution in [2.45, 2.75) is 11.4 Å². The molecule has 0 saturated carbocycles. The molecule has 1 heterocycles. The highest BCUT2D eigenvalue weighted by Crippen LogP contribution is 2.38. The Morgan fingerprint density at radius 2 is 1.89 bits per heavy atom. The van der Waals surface area contributed by atoms with Gasteiger partial charge in [0.15, 0.2) is 0 Å². The molecular weight excluding hydrogens is 258 g/mol. The molecule has 0 unspecified atom stereocenters. The molecule has 0 radical (unpaired) electrons. The summed E-state index contributed by atoms with van der Waals surface area (Å²) in [4.78, 5) is 14.7. The number of anilines is 1. The van der Waals surface area contributed by atoms with Crippen LogP contribution in [0.4, 0.5) is 5.69 Å². The van der Waals surface area contributed by atoms with Crippen molar-refractivity contribution < 1.29 is 9.90 Å². The number of nitrogens with zero attached hydrogens (tertiary/aromatic N) is 1. The van der Waals surface area contributed by atoms with Crippen LogP contribution in [0, 0.1) is 0 Å². The van der Waals surface area contributed by atoms with Crippen molar-refractivity contribution in [1.82, 2.24) is 0 Å². The summed E-state index contributed by atoms with van der Waals surface area (Å²) in [5.74, 6) is 0.00329. The number of aromatic carboxylic acids is 1. The van der Waals surface area contributed by atoms with Crippen LogP contribution in [0.3, 0.4) is 0 Å². The Hall–Kier alpha value is -1.94. The minimum absolute atomic E-state index is 0.386. The zero-order chi connectivity index (χ0) is 13.2. The van der Waals surface area contributed by atoms with E-state index in [1.54, 1.807) is 23.9 Å². The summed E-state index contributed by atoms with van der Waals surface area (Å²) in [5, 5.41) is 9.21. The predicted octanol–water partition coefficient (Wildman–Crippen LogP) is 3.45. The number of carbonyl (C=O) groups is 1. The Bertz CT molecular complexity index is 627. The van der Waals surface area contributed by atoms with E-state index in [0.29, 0.717) is 12.1 Å². The second-order valence-corrected chi connectivity index (χ2v) is 5.39. The third-order valence-corrected chi connectivity index (χ3v) is 4.29. The topological polar surface area (TPSA) is 40.5 Å². The molecular formula is C15H13NO2S. The van der Waals surface area contributed by atoms with Crippen LogP contribution in [0.5, 0.6) is 0 Å². The maximum atomic E-state index is 11.2. The molecule has 0 fully saturated rings. The Labute approximate surface area is 115 Å². The van der Waals surface area contributed by atoms with Gasteiger partial charge in [0.05, 0.1) is 17.1 Å². The van der Waals surface area contributed by atoms with Gasteiger partial charge in [0.2, 0.25) is 0 Å². The number of carboxylic acids is 1. The summed E-state index contributed by atoms with van der Waals surface area (Å²) in [6, 6.07) is 15.4. The molecule has 0 aliphatic carbocycles. The predicted molar refractivity (Wildman–Crippen MR) is 76.8 cm³/mol. The lowest BCUT2D eigenvalue weighted by molar-refractivity contribution is 0.0695. The van der Waals surface area contributed by atoms with E-state index in [1.807, 2.05) is 24.3 Å². The smallest absolute Gasteiger partial charge is 0.336 e. The van der Waals surface area contributed by atoms with Gasteiger partial charge in [-0.15, -0.1) is 11.8 Å². The number of fused-ring (bicyclic) bond motifs is 1. The fourth-order valence-corrected chi connectivity index (χ4v) is 3.31. The van der Waals surface area contributed by atoms with Gasteiger partial charge < -0.3 is 10.0 Å². The van der Waals surface area contributed by atoms with E-state index in [9.17, 15) is 9.90 Å². The third kappa shape index (κ3) is 2.31. The summed E-state index contributed by atoms with van der Waals surface area (Å²) in [6.07, 6.45) is 0. The van der Waals surface area contributed by atoms with E-state index >= 15 is 0 Å². The van der Waals surface area contributed by atoms with Crippen molar-refractivity contribution in [3.63, 3.8) is 0 Å². The number of benzene rings is 2. The molecule has 3 nitrogen and oxygen atoms in total. The molecule has 4 heteroatoms. The van der Waals surface area contributed by atoms with Crippen molar-refractivity contribution in [2.75, 3.05) is 10.8 Å². The van der Waals surface area contributed by atoms with Gasteiger partial charge >= 0.3 is 5.97 Å². The largest absolute Gasteiger partial charge is 0.478 e. The second kappa shape index (κ2) is 4.97. The average Bonchev–Trinajstić information content (AvgIpc) is 2.83. The number of para-hydroxylation sites is 1. The Morgan fingerprint density at radius 3 is 2.74 bits per heavy atom. The van der Waals surface area contributed by atoms with Gasteiger partial charge in [-0.3, -0.25) is 0 Å². The van der Waals surface area contributed by atoms with Crippen molar-refractivity contribution in [3.8, 4) is 0 Å². The first-order chi connectivity index (χ1) is 9.25. The summed E-state index contributed by atoms with van der Waals surface area (Å²) in [5.41, 5.74) is 2.43. The molecule has 1 N–H and O–H groups in total. The summed E-state index contributed by atoms with van der Waals surface area (Å²) < 4.78 is 0. The van der Waals surface area contributed by atoms with Gasteiger partial charge in [-0.25, -0.2) is 4.79 Å². The van der Waals surface area contributed by atoms with Gasteiger partial charge in [0.25, 0.3) is 0 Å². The van der Waals surface area contributed by atoms with Crippen LogP contribution < -0.4 is 4.90 Å². The minimum atomic E-state index is -0.865. The average molecular weight is 271 g/mol. The Morgan fingerprint density at radius 1 is 1.16 bits per heavy atom. The zero-order valence-corrected chi connectivity index (χ0v) is 11.1. The summed E-state index contributed by atoms with van der Waals surface area (Å²) in [7, 11) is 0. The standard InChI is InChI=1S/C15H13NO2S/c17-15(18)12-6-2-1-5-11(12)9-16-10-19-14-8-4-3-7-13(14)16/h1-8H,9-10H2,(H,17,18). The van der Waals surface area contributed by atoms with Crippen molar-refractivity contribution in [2.24, 2.45) is 0 Å². The number of rotatable bonds is 3. The second-order valence-electron chi connectivity index (χ2n) is 4.40. The third-order valence-electron chi connectivity index (χ3n) is 3.19. The highest BCUT2D eigenvalue weighted by molar-refractivity contribution is 7.99. The monoisotopic (exact) mass is 271 g/mol. The van der Waals surface area contributed by atoms with Crippen molar-refractivity contribution in [3.05, 3.63) is 59.7 Å². The van der Waals surface area contributed by atoms with Crippen LogP contribution in [-0.2, 0) is 6.54 Å². The molecule has 3 rings (SSSR count). The van der Waals surface area contributed by atoms with Crippen LogP contribution in [0.1, 0.15) is 15.9 Å². The molecule has 2 aromatic rings. The molecule has 0 amide bonds. The summed E-state index contributed by atoms with van der Waals surface area (Å²) >= 11 is 1.79. The van der Waals surface area contributed by atoms with Crippen molar-refractivity contribution >= 4 is 23.4 Å². The van der Waals surface area contributed by atoms with E-state index in [4.69, 9.17) is 0 Å². The molecule has 1 aliphatic rings. The Balaban J connectivity index is 1.90. The quantitative estimate of drug-likeness (QED) is 0.928. The first-order valence-electron chi connectivity index (χ1n) is 6.03. The fraction of sp³-hybridized carbons (Fsp3) is 0.133. The van der Waals surface area contributed by atoms with Crippen LogP contribution in [-0.4, -0.2) is 17.0 Å². The van der Waals surface area contributed by atoms with Crippen LogP contribution >= 0.6 is 11.8 Å². The first-order valence-corrected chi connectivity index (χ1v) is 7.02. The number of carboxylic acid groups (broad SMARTS) is 1. The van der Waals surface area contributed by atoms with Gasteiger partial charge in [-0.2, -0.15) is 0 Å². The van der Waals surface area contributed by atoms with Gasteiger partial charge in [0, 0.05) is 11.4 Å². The first kappa shape index (κ1) is 12.1. The lowest BCUT2D eigenvalue weighted by Gasteiger charge is -2.19. The number of hydrogen-bond donors (Lipinski definition) is 1. The lowest BCUT2D eigenvalue weighted by Crippen LogP contribution is -2.20. The van der Waals surface area contributed by atoms with E-state index in [-0.39, 0.29) is 0 Å². The van der Waals surface area contributed by atoms with E-state index in [0.717, 1.165) is 11.4 Å². The van der Waals surface area contributed by atoms with E-state index in [1.165, 1.54) is 10.6 Å². The molecule has 0 spiro atoms. The normalized spacial score (nSPS) is 13.4. The van der Waals surface area contributed by atoms with Gasteiger partial charge in [-0.05, 0) is 23.8 Å². The number of thioether (sulfide) groups is 1. The van der Waals surface area contributed by atoms with Crippen LogP contribution in [0.15, 0.2) is 53.4 Å². The molecule has 19 heavy (non-hydrogen) atoms. The highest BCUT2D eigenvalue weighted by atomic mass is 32.2. The van der Waals surface area contributed by atoms with Crippen molar-refractivity contribution in [1.29, 1.82) is 0 Å². The zero-order valence-electron chi connectivity index (χ0n) is 10.2. The fourth-order valence-electron chi connectivity index (χ4n) is 2.26. The molecule has 0 atom stereocenters. The molecule has 96 valence electrons. The number of hydrogen-bond acceptors (Lipinski definition) is 3. The maximum absolute atomic E-state index is 11.2. The van der Waals surface area contributed by atoms with Gasteiger partial charge in [0.1, 0.15) is 0 Å². The maximum Gasteiger partial charge on any atom is 0.336 e. The highest BCUT2D eigenvalue weighted by Gasteiger charge is 2.20. The SMILES string of the molecule is O=C(O)c1ccccc1CN1CSc2ccccc21. The lowest BCUT2D eigenvalue weighted by atomic mass is 10.1. The molecule has 1 aliphatic heterocycles. The van der Waals surface area contributed by atoms with E-state index < -0.39 is 5.97 Å². The molecule has 0 bridgehead atoms. The van der Waals surface area contributed by atoms with E-state index in [2.05, 4.69) is 17.0 Å². The van der Waals surface area contributed by atoms with Crippen LogP contribution in [0.25, 0.3) is 0 Å². The minimum Gasteiger partial charge on any atom is -0.478 e. The molecule has 0 aromatic heterocycles. The Kier molecular flexibility index (Phi) is 3.17.